The number of nitrogens with one attached hydrogen (secondary N) is 1. The van der Waals surface area contributed by atoms with E-state index >= 15 is 0 Å². The summed E-state index contributed by atoms with van der Waals surface area (Å²) in [6.07, 6.45) is -3.45. The minimum absolute atomic E-state index is 0.245. The van der Waals surface area contributed by atoms with Gasteiger partial charge in [-0.25, -0.2) is 0 Å². The van der Waals surface area contributed by atoms with Gasteiger partial charge in [0.1, 0.15) is 6.54 Å². The highest BCUT2D eigenvalue weighted by atomic mass is 19.4. The van der Waals surface area contributed by atoms with Gasteiger partial charge in [0, 0.05) is 6.54 Å². The van der Waals surface area contributed by atoms with Gasteiger partial charge in [0.25, 0.3) is 0 Å². The number of alkyl halides is 3. The van der Waals surface area contributed by atoms with E-state index in [0.717, 1.165) is 13.5 Å². The van der Waals surface area contributed by atoms with E-state index in [1.807, 2.05) is 0 Å². The summed E-state index contributed by atoms with van der Waals surface area (Å²) in [6.45, 7) is -1.02. The van der Waals surface area contributed by atoms with Crippen LogP contribution in [0.2, 0.25) is 0 Å². The maximum Gasteiger partial charge on any atom is 0.406 e. The number of carbonyl (C=O) groups is 2. The summed E-state index contributed by atoms with van der Waals surface area (Å²) in [7, 11) is 1.15. The molecule has 5 nitrogen and oxygen atoms in total. The fourth-order valence-electron chi connectivity index (χ4n) is 1.93. The minimum Gasteiger partial charge on any atom is -0.469 e. The van der Waals surface area contributed by atoms with E-state index in [1.165, 1.54) is 0 Å². The number of esters is 1. The highest BCUT2D eigenvalue weighted by Crippen LogP contribution is 2.18. The summed E-state index contributed by atoms with van der Waals surface area (Å²) in [5, 5.41) is 2.85. The largest absolute Gasteiger partial charge is 0.469 e. The van der Waals surface area contributed by atoms with Crippen molar-refractivity contribution < 1.29 is 27.5 Å². The van der Waals surface area contributed by atoms with Crippen molar-refractivity contribution in [2.24, 2.45) is 0 Å². The van der Waals surface area contributed by atoms with Crippen molar-refractivity contribution in [3.8, 4) is 0 Å². The van der Waals surface area contributed by atoms with Gasteiger partial charge in [0.2, 0.25) is 5.91 Å². The molecule has 0 bridgehead atoms. The lowest BCUT2D eigenvalue weighted by atomic mass is 10.2. The third kappa shape index (κ3) is 5.46. The third-order valence-electron chi connectivity index (χ3n) is 2.85. The van der Waals surface area contributed by atoms with Crippen molar-refractivity contribution in [3.63, 3.8) is 0 Å². The molecule has 0 aromatic heterocycles. The smallest absolute Gasteiger partial charge is 0.406 e. The van der Waals surface area contributed by atoms with Crippen LogP contribution < -0.4 is 5.32 Å². The molecule has 1 unspecified atom stereocenters. The molecule has 1 rings (SSSR count). The molecular weight excluding hydrogens is 265 g/mol. The van der Waals surface area contributed by atoms with Gasteiger partial charge >= 0.3 is 12.1 Å². The average Bonchev–Trinajstić information content (AvgIpc) is 2.85. The second-order valence-electron chi connectivity index (χ2n) is 4.35. The number of hydrogen-bond acceptors (Lipinski definition) is 4. The fraction of sp³-hybridized carbons (Fsp3) is 0.818. The molecule has 19 heavy (non-hydrogen) atoms. The van der Waals surface area contributed by atoms with E-state index in [4.69, 9.17) is 0 Å². The van der Waals surface area contributed by atoms with Gasteiger partial charge in [0.05, 0.1) is 19.6 Å². The Bertz CT molecular complexity index is 328. The van der Waals surface area contributed by atoms with Crippen LogP contribution in [0, 0.1) is 0 Å². The Balaban J connectivity index is 2.62. The maximum atomic E-state index is 12.4. The summed E-state index contributed by atoms with van der Waals surface area (Å²) >= 11 is 0. The zero-order valence-corrected chi connectivity index (χ0v) is 10.6. The highest BCUT2D eigenvalue weighted by molar-refractivity contribution is 5.82. The Morgan fingerprint density at radius 2 is 2.11 bits per heavy atom. The van der Waals surface area contributed by atoms with Crippen molar-refractivity contribution >= 4 is 11.9 Å². The Morgan fingerprint density at radius 1 is 1.42 bits per heavy atom. The molecule has 0 aliphatic carbocycles. The SMILES string of the molecule is COC(=O)CCN(CC(F)(F)F)C(=O)C1CCCN1. The van der Waals surface area contributed by atoms with Crippen LogP contribution in [0.1, 0.15) is 19.3 Å². The fourth-order valence-corrected chi connectivity index (χ4v) is 1.93. The van der Waals surface area contributed by atoms with Crippen LogP contribution in [0.25, 0.3) is 0 Å². The Labute approximate surface area is 109 Å². The topological polar surface area (TPSA) is 58.6 Å². The summed E-state index contributed by atoms with van der Waals surface area (Å²) in [5.74, 6) is -1.25. The second-order valence-corrected chi connectivity index (χ2v) is 4.35. The molecular formula is C11H17F3N2O3. The van der Waals surface area contributed by atoms with Crippen LogP contribution in [0.5, 0.6) is 0 Å². The quantitative estimate of drug-likeness (QED) is 0.754. The molecule has 1 atom stereocenters. The predicted molar refractivity (Wildman–Crippen MR) is 60.3 cm³/mol. The maximum absolute atomic E-state index is 12.4. The molecule has 0 spiro atoms. The molecule has 1 aliphatic heterocycles. The first-order valence-corrected chi connectivity index (χ1v) is 5.99. The van der Waals surface area contributed by atoms with Crippen molar-refractivity contribution in [2.75, 3.05) is 26.7 Å². The molecule has 0 aromatic rings. The number of nitrogens with zero attached hydrogens (tertiary/aromatic N) is 1. The molecule has 1 saturated heterocycles. The molecule has 1 aliphatic rings. The number of hydrogen-bond donors (Lipinski definition) is 1. The van der Waals surface area contributed by atoms with Crippen molar-refractivity contribution in [1.29, 1.82) is 0 Å². The van der Waals surface area contributed by atoms with Gasteiger partial charge in [-0.1, -0.05) is 0 Å². The Hall–Kier alpha value is -1.31. The van der Waals surface area contributed by atoms with Crippen LogP contribution in [0.3, 0.4) is 0 Å². The van der Waals surface area contributed by atoms with E-state index in [-0.39, 0.29) is 13.0 Å². The van der Waals surface area contributed by atoms with Gasteiger partial charge in [-0.3, -0.25) is 9.59 Å². The summed E-state index contributed by atoms with van der Waals surface area (Å²) in [6, 6.07) is -0.583. The monoisotopic (exact) mass is 282 g/mol. The molecule has 1 heterocycles. The second kappa shape index (κ2) is 6.74. The molecule has 0 aromatic carbocycles. The molecule has 8 heteroatoms. The first-order chi connectivity index (χ1) is 8.83. The zero-order valence-electron chi connectivity index (χ0n) is 10.6. The number of methoxy groups -OCH3 is 1. The van der Waals surface area contributed by atoms with E-state index in [9.17, 15) is 22.8 Å². The lowest BCUT2D eigenvalue weighted by Crippen LogP contribution is -2.48. The van der Waals surface area contributed by atoms with Crippen LogP contribution in [0.4, 0.5) is 13.2 Å². The number of ether oxygens (including phenoxy) is 1. The standard InChI is InChI=1S/C11H17F3N2O3/c1-19-9(17)4-6-16(7-11(12,13)14)10(18)8-3-2-5-15-8/h8,15H,2-7H2,1H3. The van der Waals surface area contributed by atoms with Gasteiger partial charge < -0.3 is 15.0 Å². The molecule has 110 valence electrons. The van der Waals surface area contributed by atoms with Gasteiger partial charge in [0.15, 0.2) is 0 Å². The predicted octanol–water partition coefficient (Wildman–Crippen LogP) is 0.692. The average molecular weight is 282 g/mol. The lowest BCUT2D eigenvalue weighted by molar-refractivity contribution is -0.163. The Kier molecular flexibility index (Phi) is 5.59. The van der Waals surface area contributed by atoms with Crippen LogP contribution in [-0.2, 0) is 14.3 Å². The Morgan fingerprint density at radius 3 is 2.58 bits per heavy atom. The van der Waals surface area contributed by atoms with Crippen LogP contribution in [-0.4, -0.2) is 55.7 Å². The van der Waals surface area contributed by atoms with Crippen LogP contribution >= 0.6 is 0 Å². The molecule has 1 N–H and O–H groups in total. The third-order valence-corrected chi connectivity index (χ3v) is 2.85. The molecule has 0 saturated carbocycles. The normalized spacial score (nSPS) is 19.3. The van der Waals surface area contributed by atoms with E-state index in [2.05, 4.69) is 10.1 Å². The van der Waals surface area contributed by atoms with Gasteiger partial charge in [-0.15, -0.1) is 0 Å². The molecule has 1 amide bonds. The van der Waals surface area contributed by atoms with E-state index < -0.39 is 30.6 Å². The first kappa shape index (κ1) is 15.7. The van der Waals surface area contributed by atoms with Crippen LogP contribution in [0.15, 0.2) is 0 Å². The van der Waals surface area contributed by atoms with E-state index in [0.29, 0.717) is 17.9 Å². The van der Waals surface area contributed by atoms with Crippen molar-refractivity contribution in [3.05, 3.63) is 0 Å². The van der Waals surface area contributed by atoms with Crippen molar-refractivity contribution in [1.82, 2.24) is 10.2 Å². The first-order valence-electron chi connectivity index (χ1n) is 5.99. The molecule has 1 fully saturated rings. The minimum atomic E-state index is -4.48. The summed E-state index contributed by atoms with van der Waals surface area (Å²) in [4.78, 5) is 23.6. The van der Waals surface area contributed by atoms with E-state index in [1.54, 1.807) is 0 Å². The van der Waals surface area contributed by atoms with Gasteiger partial charge in [-0.2, -0.15) is 13.2 Å². The number of carbonyl (C=O) groups excluding carboxylic acids is 2. The summed E-state index contributed by atoms with van der Waals surface area (Å²) < 4.78 is 41.6. The number of halogens is 3. The van der Waals surface area contributed by atoms with Gasteiger partial charge in [-0.05, 0) is 19.4 Å². The summed E-state index contributed by atoms with van der Waals surface area (Å²) in [5.41, 5.74) is 0. The molecule has 0 radical (unpaired) electrons. The number of amides is 1. The zero-order chi connectivity index (χ0) is 14.5. The number of rotatable bonds is 5. The lowest BCUT2D eigenvalue weighted by Gasteiger charge is -2.26. The van der Waals surface area contributed by atoms with Crippen molar-refractivity contribution in [2.45, 2.75) is 31.5 Å². The highest BCUT2D eigenvalue weighted by Gasteiger charge is 2.36.